The maximum atomic E-state index is 12.6. The van der Waals surface area contributed by atoms with Gasteiger partial charge in [0.2, 0.25) is 6.04 Å². The number of allylic oxidation sites excluding steroid dienone is 1. The van der Waals surface area contributed by atoms with E-state index in [0.717, 1.165) is 135 Å². The summed E-state index contributed by atoms with van der Waals surface area (Å²) >= 11 is 0. The van der Waals surface area contributed by atoms with Crippen molar-refractivity contribution >= 4 is 39.4 Å². The molecule has 21 saturated heterocycles. The van der Waals surface area contributed by atoms with Crippen LogP contribution in [0.2, 0.25) is 0 Å². The Labute approximate surface area is 852 Å². The minimum atomic E-state index is -5.70. The number of rotatable bonds is 22. The van der Waals surface area contributed by atoms with Crippen molar-refractivity contribution in [2.24, 2.45) is 11.8 Å². The van der Waals surface area contributed by atoms with Crippen molar-refractivity contribution in [2.75, 3.05) is 47.3 Å². The lowest BCUT2D eigenvalue weighted by molar-refractivity contribution is -0.259. The van der Waals surface area contributed by atoms with Crippen LogP contribution in [0, 0.1) is 18.4 Å². The Kier molecular flexibility index (Phi) is 37.9. The number of hydrogen-bond donors (Lipinski definition) is 2. The van der Waals surface area contributed by atoms with Gasteiger partial charge >= 0.3 is 27.6 Å². The summed E-state index contributed by atoms with van der Waals surface area (Å²) in [4.78, 5) is 62.7. The molecule has 0 aromatic rings. The minimum absolute atomic E-state index is 0.00736. The van der Waals surface area contributed by atoms with Gasteiger partial charge in [-0.05, 0) is 182 Å². The molecule has 145 heavy (non-hydrogen) atoms. The van der Waals surface area contributed by atoms with Gasteiger partial charge < -0.3 is 128 Å². The lowest BCUT2D eigenvalue weighted by Crippen LogP contribution is -2.61. The number of nitrogens with zero attached hydrogens (tertiary/aromatic N) is 1. The smallest absolute Gasteiger partial charge is 0.469 e. The summed E-state index contributed by atoms with van der Waals surface area (Å²) in [6.45, 7) is 46.5. The van der Waals surface area contributed by atoms with E-state index in [9.17, 15) is 55.8 Å². The van der Waals surface area contributed by atoms with Gasteiger partial charge in [0.05, 0.1) is 213 Å². The lowest BCUT2D eigenvalue weighted by Gasteiger charge is -2.46. The fraction of sp³-hybridized carbons (Fsp3) is 0.869. The molecule has 38 heteroatoms. The van der Waals surface area contributed by atoms with E-state index in [2.05, 4.69) is 91.2 Å². The molecule has 5 spiro atoms. The number of carbonyl (C=O) groups excluding carboxylic acids is 5. The third-order valence-corrected chi connectivity index (χ3v) is 34.9. The van der Waals surface area contributed by atoms with Crippen molar-refractivity contribution in [3.63, 3.8) is 0 Å². The molecule has 42 atom stereocenters. The number of Topliss-reactive ketones (excluding diaryl/α,β-unsaturated/α-hetero) is 3. The van der Waals surface area contributed by atoms with Gasteiger partial charge in [0, 0.05) is 70.1 Å². The van der Waals surface area contributed by atoms with Crippen LogP contribution in [-0.2, 0) is 147 Å². The fourth-order valence-electron chi connectivity index (χ4n) is 25.2. The zero-order valence-electron chi connectivity index (χ0n) is 87.3. The molecule has 2 N–H and O–H groups in total. The second-order valence-corrected chi connectivity index (χ2v) is 46.1. The maximum absolute atomic E-state index is 12.6. The molecule has 21 aliphatic rings. The number of aliphatic hydroxyl groups is 2. The highest BCUT2D eigenvalue weighted by Gasteiger charge is 2.66. The number of ether oxygens (including phenoxy) is 23. The van der Waals surface area contributed by atoms with E-state index in [1.54, 1.807) is 13.8 Å². The predicted molar refractivity (Wildman–Crippen MR) is 513 cm³/mol. The van der Waals surface area contributed by atoms with Gasteiger partial charge in [-0.2, -0.15) is 21.6 Å². The van der Waals surface area contributed by atoms with Crippen molar-refractivity contribution in [1.82, 2.24) is 0 Å². The standard InChI is InChI=1S/C16H23F3O6S.C16H26O7.C16H22O7.C15H24O4.2C15H22O3.C14H21NO3/c1-9(10(2)25-26(20,21)16(17,18)19)6-12-4-5-14-15(24-12)7-13(23-14)11(3)22-8-15;2*1-3-4-9-12(18)15-16(22-9)13(19)14-10(23-15)6-5-8(21-14)7-11(17)20-2;1-9(10(2)16)6-12-4-5-14-15(19-12)7-13(18-14)11(3)17-8-15;2*1-4-10(2)7-12-5-6-14-15(18-12)8-13(17-14)11(3)16-9-15;1-9(15-3)6-11-4-5-13-14(18-11)7-12(17-13)10(2)16-8-14/h9,11-14H,2,4-8H2,1,3H3;8-10,12-16,18-19H,3-7H2,1-2H3;8-10,14-16H,3-7H2,1-2H3;9,11-14H,4-8H2,1-3H3;2*11-14H,1,5-9H2,2-3H3;9-13H,4-8H2,1-2H3/t9?,11-,12+,13+,14-,15+;8-,9-,10+,12-,13+,14+,15+,16+;8-,9-,10+,14+,15+,16+;9?,11-,12+,13+,14-,15+;2*11-,12+,13+,14-,15+;9-,10+,11-,12-,13+,14-/m0110001/s1. The number of fused-ring (bicyclic) bond motifs is 9. The third kappa shape index (κ3) is 25.7. The summed E-state index contributed by atoms with van der Waals surface area (Å²) in [5.74, 6) is -1.81. The average molecular weight is 2080 g/mol. The largest absolute Gasteiger partial charge is 0.534 e. The van der Waals surface area contributed by atoms with Crippen molar-refractivity contribution in [1.29, 1.82) is 0 Å². The molecule has 0 aromatic carbocycles. The molecule has 0 saturated carbocycles. The normalized spacial score (nSPS) is 44.1. The number of alkyl halides is 3. The van der Waals surface area contributed by atoms with Crippen LogP contribution in [0.1, 0.15) is 283 Å². The first-order valence-corrected chi connectivity index (χ1v) is 54.8. The molecule has 10 bridgehead atoms. The van der Waals surface area contributed by atoms with Crippen LogP contribution in [-0.4, -0.2) is 342 Å². The topological polar surface area (TPSA) is 386 Å². The molecule has 21 aliphatic heterocycles. The first kappa shape index (κ1) is 114. The van der Waals surface area contributed by atoms with Crippen LogP contribution in [0.25, 0.3) is 4.85 Å². The van der Waals surface area contributed by atoms with Crippen LogP contribution in [0.3, 0.4) is 0 Å². The number of ketones is 3. The summed E-state index contributed by atoms with van der Waals surface area (Å²) in [6, 6.07) is 0.0458. The summed E-state index contributed by atoms with van der Waals surface area (Å²) in [7, 11) is -3.03. The minimum Gasteiger partial charge on any atom is -0.469 e. The molecule has 21 rings (SSSR count). The molecule has 0 amide bonds. The van der Waals surface area contributed by atoms with Gasteiger partial charge in [0.25, 0.3) is 0 Å². The average Bonchev–Trinajstić information content (AvgIpc) is 1.34. The Morgan fingerprint density at radius 3 is 1.20 bits per heavy atom. The van der Waals surface area contributed by atoms with Crippen molar-refractivity contribution < 1.29 is 169 Å². The third-order valence-electron chi connectivity index (χ3n) is 33.9. The monoisotopic (exact) mass is 2080 g/mol. The highest BCUT2D eigenvalue weighted by molar-refractivity contribution is 7.87. The molecular weight excluding hydrogens is 1920 g/mol. The zero-order valence-corrected chi connectivity index (χ0v) is 88.1. The van der Waals surface area contributed by atoms with Crippen LogP contribution in [0.4, 0.5) is 13.2 Å². The highest BCUT2D eigenvalue weighted by Crippen LogP contribution is 2.54. The van der Waals surface area contributed by atoms with Crippen molar-refractivity contribution in [3.05, 3.63) is 59.5 Å². The Balaban J connectivity index is 0.000000128. The molecule has 0 aromatic heterocycles. The number of carbonyl (C=O) groups is 5. The van der Waals surface area contributed by atoms with Crippen molar-refractivity contribution in [3.8, 4) is 0 Å². The maximum Gasteiger partial charge on any atom is 0.534 e. The lowest BCUT2D eigenvalue weighted by atomic mass is 9.83. The van der Waals surface area contributed by atoms with Gasteiger partial charge in [-0.3, -0.25) is 24.0 Å². The molecular formula is C107H160F3NO33S. The van der Waals surface area contributed by atoms with E-state index in [-0.39, 0.29) is 223 Å². The van der Waals surface area contributed by atoms with Crippen LogP contribution in [0.15, 0.2) is 48.1 Å². The van der Waals surface area contributed by atoms with Gasteiger partial charge in [0.15, 0.2) is 23.8 Å². The van der Waals surface area contributed by atoms with Gasteiger partial charge in [-0.1, -0.05) is 60.3 Å². The molecule has 21 heterocycles. The van der Waals surface area contributed by atoms with Crippen LogP contribution < -0.4 is 0 Å². The second kappa shape index (κ2) is 48.2. The number of esters is 2. The fourth-order valence-corrected chi connectivity index (χ4v) is 25.7. The van der Waals surface area contributed by atoms with Crippen LogP contribution >= 0.6 is 0 Å². The Morgan fingerprint density at radius 2 is 0.814 bits per heavy atom. The van der Waals surface area contributed by atoms with E-state index >= 15 is 0 Å². The second-order valence-electron chi connectivity index (χ2n) is 44.6. The quantitative estimate of drug-likeness (QED) is 0.0254. The number of aliphatic hydroxyl groups excluding tert-OH is 2. The van der Waals surface area contributed by atoms with Gasteiger partial charge in [-0.25, -0.2) is 6.57 Å². The van der Waals surface area contributed by atoms with Crippen molar-refractivity contribution in [2.45, 2.75) is 530 Å². The zero-order chi connectivity index (χ0) is 104. The molecule has 0 radical (unpaired) electrons. The van der Waals surface area contributed by atoms with E-state index in [1.165, 1.54) is 25.4 Å². The Bertz CT molecular complexity index is 4630. The molecule has 21 fully saturated rings. The predicted octanol–water partition coefficient (Wildman–Crippen LogP) is 13.1. The summed E-state index contributed by atoms with van der Waals surface area (Å²) in [6.07, 6.45) is 19.2. The summed E-state index contributed by atoms with van der Waals surface area (Å²) < 4.78 is 199. The van der Waals surface area contributed by atoms with Crippen LogP contribution in [0.5, 0.6) is 0 Å². The van der Waals surface area contributed by atoms with E-state index in [4.69, 9.17) is 106 Å². The van der Waals surface area contributed by atoms with E-state index in [0.29, 0.717) is 78.0 Å². The van der Waals surface area contributed by atoms with E-state index in [1.807, 2.05) is 34.6 Å². The molecule has 2 unspecified atom stereocenters. The van der Waals surface area contributed by atoms with Gasteiger partial charge in [-0.15, -0.1) is 11.5 Å². The molecule has 818 valence electrons. The summed E-state index contributed by atoms with van der Waals surface area (Å²) in [5, 5.41) is 21.0. The first-order valence-electron chi connectivity index (χ1n) is 53.4. The van der Waals surface area contributed by atoms with Gasteiger partial charge in [0.1, 0.15) is 82.3 Å². The van der Waals surface area contributed by atoms with E-state index < -0.39 is 93.9 Å². The first-order chi connectivity index (χ1) is 68.9. The number of hydrogen-bond acceptors (Lipinski definition) is 33. The highest BCUT2D eigenvalue weighted by atomic mass is 32.2. The Morgan fingerprint density at radius 1 is 0.448 bits per heavy atom. The number of halogens is 3. The molecule has 0 aliphatic carbocycles. The SMILES string of the molecule is C=C(OS(=O)(=O)C(F)(F)F)C(C)C[C@H]1CC[C@@H]2O[C@@H]3C[C@]2(CO[C@H]3C)O1.C=C=C(C)C[C@H]1CC[C@@H]2O[C@@H]3C[C@]2(CO[C@H]3C)O1.C=C=C(C)C[C@H]1CC[C@@H]2O[C@@H]3C[C@]2(CO[C@H]3C)O1.CC(=O)C(C)C[C@H]1CC[C@@H]2O[C@@H]3C[C@]2(CO[C@H]3C)O1.CCC[C@H]1O[C@H]2C(=O)[C@H]3O[C@@H](CC(=O)OC)CC[C@@H]3O[C@H]2C1=O.CCC[C@H]1O[C@H]2[C@@H](O)[C@H]3O[C@@H](CC(=O)OC)CC[C@@H]3O[C@H]2[C@@H]1O.[C-]#[N+][C@H](C)C[C@H]1CC[C@@H]2O[C@@H]3C[C@]2(CO[C@H]3C)O1. The molecule has 34 nitrogen and oxygen atoms in total. The Hall–Kier alpha value is -5.16. The number of methoxy groups -OCH3 is 2. The summed E-state index contributed by atoms with van der Waals surface area (Å²) in [5.41, 5.74) is 1.44.